The highest BCUT2D eigenvalue weighted by atomic mass is 16.2. The summed E-state index contributed by atoms with van der Waals surface area (Å²) in [5.74, 6) is 0.171. The topological polar surface area (TPSA) is 42.6 Å². The van der Waals surface area contributed by atoms with Crippen molar-refractivity contribution >= 4 is 16.8 Å². The third kappa shape index (κ3) is 3.27. The molecule has 1 aliphatic carbocycles. The lowest BCUT2D eigenvalue weighted by atomic mass is 9.93. The Morgan fingerprint density at radius 2 is 1.56 bits per heavy atom. The van der Waals surface area contributed by atoms with Gasteiger partial charge in [0.05, 0.1) is 5.56 Å². The first-order valence-corrected chi connectivity index (χ1v) is 10.6. The highest BCUT2D eigenvalue weighted by Crippen LogP contribution is 2.26. The molecule has 2 aromatic rings. The second-order valence-electron chi connectivity index (χ2n) is 8.48. The minimum Gasteiger partial charge on any atom is -0.360 e. The zero-order chi connectivity index (χ0) is 18.2. The highest BCUT2D eigenvalue weighted by molar-refractivity contribution is 6.07. The number of H-pyrrole nitrogens is 1. The number of hydrogen-bond donors (Lipinski definition) is 1. The number of rotatable bonds is 3. The Morgan fingerprint density at radius 3 is 2.30 bits per heavy atom. The van der Waals surface area contributed by atoms with E-state index in [4.69, 9.17) is 0 Å². The molecular weight excluding hydrogens is 336 g/mol. The maximum Gasteiger partial charge on any atom is 0.256 e. The van der Waals surface area contributed by atoms with E-state index in [-0.39, 0.29) is 5.91 Å². The van der Waals surface area contributed by atoms with Gasteiger partial charge >= 0.3 is 0 Å². The van der Waals surface area contributed by atoms with Gasteiger partial charge in [-0.1, -0.05) is 37.5 Å². The van der Waals surface area contributed by atoms with Crippen LogP contribution in [0.15, 0.2) is 30.5 Å². The molecule has 0 atom stereocenters. The van der Waals surface area contributed by atoms with Crippen LogP contribution >= 0.6 is 0 Å². The van der Waals surface area contributed by atoms with Crippen molar-refractivity contribution in [3.63, 3.8) is 0 Å². The van der Waals surface area contributed by atoms with Gasteiger partial charge in [-0.15, -0.1) is 0 Å². The molecule has 5 nitrogen and oxygen atoms in total. The van der Waals surface area contributed by atoms with Gasteiger partial charge in [-0.05, 0) is 18.9 Å². The summed E-state index contributed by atoms with van der Waals surface area (Å²) in [4.78, 5) is 23.4. The molecule has 2 saturated heterocycles. The van der Waals surface area contributed by atoms with Crippen LogP contribution in [0.1, 0.15) is 42.5 Å². The minimum atomic E-state index is 0.171. The number of aromatic amines is 1. The number of amides is 1. The molecule has 2 aliphatic heterocycles. The maximum atomic E-state index is 12.9. The number of carbonyl (C=O) groups excluding carboxylic acids is 1. The van der Waals surface area contributed by atoms with Crippen LogP contribution in [0, 0.1) is 0 Å². The van der Waals surface area contributed by atoms with Gasteiger partial charge in [-0.25, -0.2) is 0 Å². The zero-order valence-corrected chi connectivity index (χ0v) is 16.1. The Bertz CT molecular complexity index is 796. The molecule has 0 spiro atoms. The zero-order valence-electron chi connectivity index (χ0n) is 16.1. The molecule has 1 aromatic heterocycles. The molecule has 3 heterocycles. The van der Waals surface area contributed by atoms with Crippen LogP contribution in [-0.2, 0) is 0 Å². The van der Waals surface area contributed by atoms with Gasteiger partial charge in [0.25, 0.3) is 5.91 Å². The molecule has 5 rings (SSSR count). The van der Waals surface area contributed by atoms with Crippen molar-refractivity contribution in [1.82, 2.24) is 19.7 Å². The number of nitrogens with one attached hydrogen (secondary N) is 1. The summed E-state index contributed by atoms with van der Waals surface area (Å²) in [5, 5.41) is 1.03. The lowest BCUT2D eigenvalue weighted by Gasteiger charge is -2.49. The van der Waals surface area contributed by atoms with Gasteiger partial charge in [0, 0.05) is 68.5 Å². The van der Waals surface area contributed by atoms with Gasteiger partial charge in [0.15, 0.2) is 0 Å². The quantitative estimate of drug-likeness (QED) is 0.908. The number of benzene rings is 1. The smallest absolute Gasteiger partial charge is 0.256 e. The fourth-order valence-electron chi connectivity index (χ4n) is 5.18. The summed E-state index contributed by atoms with van der Waals surface area (Å²) in [5.41, 5.74) is 1.85. The second-order valence-corrected chi connectivity index (χ2v) is 8.48. The predicted octanol–water partition coefficient (Wildman–Crippen LogP) is 2.94. The monoisotopic (exact) mass is 366 g/mol. The molecule has 3 fully saturated rings. The van der Waals surface area contributed by atoms with Crippen molar-refractivity contribution in [2.45, 2.75) is 44.2 Å². The van der Waals surface area contributed by atoms with Crippen LogP contribution in [0.2, 0.25) is 0 Å². The first-order chi connectivity index (χ1) is 13.3. The number of hydrogen-bond acceptors (Lipinski definition) is 3. The van der Waals surface area contributed by atoms with Gasteiger partial charge in [0.1, 0.15) is 0 Å². The first kappa shape index (κ1) is 17.3. The first-order valence-electron chi connectivity index (χ1n) is 10.6. The van der Waals surface area contributed by atoms with Crippen molar-refractivity contribution in [2.75, 3.05) is 39.3 Å². The average molecular weight is 367 g/mol. The van der Waals surface area contributed by atoms with Crippen LogP contribution in [0.3, 0.4) is 0 Å². The van der Waals surface area contributed by atoms with E-state index in [1.807, 2.05) is 35.4 Å². The Labute approximate surface area is 161 Å². The number of carbonyl (C=O) groups is 1. The summed E-state index contributed by atoms with van der Waals surface area (Å²) in [7, 11) is 0. The molecule has 27 heavy (non-hydrogen) atoms. The normalized spacial score (nSPS) is 23.6. The lowest BCUT2D eigenvalue weighted by Crippen LogP contribution is -2.64. The summed E-state index contributed by atoms with van der Waals surface area (Å²) in [6.45, 7) is 6.49. The molecule has 0 unspecified atom stereocenters. The summed E-state index contributed by atoms with van der Waals surface area (Å²) in [6.07, 6.45) is 8.92. The van der Waals surface area contributed by atoms with E-state index < -0.39 is 0 Å². The standard InChI is InChI=1S/C22H30N4O/c27-22(20-14-23-21-9-5-4-8-19(20)21)26-15-18(16-26)25-12-10-24(11-13-25)17-6-2-1-3-7-17/h4-5,8-9,14,17-18,23H,1-3,6-7,10-13,15-16H2. The SMILES string of the molecule is O=C(c1c[nH]c2ccccc12)N1CC(N2CCN(C3CCCCC3)CC2)C1. The molecule has 1 aromatic carbocycles. The Morgan fingerprint density at radius 1 is 0.889 bits per heavy atom. The van der Waals surface area contributed by atoms with E-state index in [9.17, 15) is 4.79 Å². The van der Waals surface area contributed by atoms with E-state index >= 15 is 0 Å². The van der Waals surface area contributed by atoms with Crippen LogP contribution in [0.25, 0.3) is 10.9 Å². The Balaban J connectivity index is 1.14. The molecular formula is C22H30N4O. The Hall–Kier alpha value is -1.85. The molecule has 3 aliphatic rings. The third-order valence-corrected chi connectivity index (χ3v) is 6.93. The van der Waals surface area contributed by atoms with Gasteiger partial charge in [-0.2, -0.15) is 0 Å². The molecule has 1 saturated carbocycles. The largest absolute Gasteiger partial charge is 0.360 e. The van der Waals surface area contributed by atoms with Crippen LogP contribution in [-0.4, -0.2) is 76.9 Å². The molecule has 5 heteroatoms. The van der Waals surface area contributed by atoms with Crippen molar-refractivity contribution in [3.05, 3.63) is 36.0 Å². The maximum absolute atomic E-state index is 12.9. The van der Waals surface area contributed by atoms with Crippen molar-refractivity contribution in [1.29, 1.82) is 0 Å². The number of aromatic nitrogens is 1. The fourth-order valence-corrected chi connectivity index (χ4v) is 5.18. The van der Waals surface area contributed by atoms with E-state index in [0.29, 0.717) is 6.04 Å². The average Bonchev–Trinajstić information content (AvgIpc) is 3.12. The van der Waals surface area contributed by atoms with Crippen LogP contribution in [0.5, 0.6) is 0 Å². The number of nitrogens with zero attached hydrogens (tertiary/aromatic N) is 3. The number of likely N-dealkylation sites (tertiary alicyclic amines) is 1. The molecule has 0 radical (unpaired) electrons. The van der Waals surface area contributed by atoms with E-state index in [1.54, 1.807) is 0 Å². The summed E-state index contributed by atoms with van der Waals surface area (Å²) < 4.78 is 0. The number of para-hydroxylation sites is 1. The van der Waals surface area contributed by atoms with Crippen molar-refractivity contribution in [3.8, 4) is 0 Å². The Kier molecular flexibility index (Phi) is 4.66. The number of piperazine rings is 1. The molecule has 1 amide bonds. The van der Waals surface area contributed by atoms with Gasteiger partial charge in [0.2, 0.25) is 0 Å². The van der Waals surface area contributed by atoms with Crippen molar-refractivity contribution < 1.29 is 4.79 Å². The molecule has 144 valence electrons. The third-order valence-electron chi connectivity index (χ3n) is 6.93. The highest BCUT2D eigenvalue weighted by Gasteiger charge is 2.37. The van der Waals surface area contributed by atoms with E-state index in [0.717, 1.165) is 48.7 Å². The van der Waals surface area contributed by atoms with Gasteiger partial charge < -0.3 is 9.88 Å². The van der Waals surface area contributed by atoms with Gasteiger partial charge in [-0.3, -0.25) is 14.6 Å². The summed E-state index contributed by atoms with van der Waals surface area (Å²) >= 11 is 0. The molecule has 0 bridgehead atoms. The minimum absolute atomic E-state index is 0.171. The lowest BCUT2D eigenvalue weighted by molar-refractivity contribution is -0.00254. The fraction of sp³-hybridized carbons (Fsp3) is 0.591. The van der Waals surface area contributed by atoms with E-state index in [2.05, 4.69) is 14.8 Å². The number of fused-ring (bicyclic) bond motifs is 1. The predicted molar refractivity (Wildman–Crippen MR) is 108 cm³/mol. The summed E-state index contributed by atoms with van der Waals surface area (Å²) in [6, 6.07) is 9.43. The van der Waals surface area contributed by atoms with Crippen LogP contribution < -0.4 is 0 Å². The van der Waals surface area contributed by atoms with E-state index in [1.165, 1.54) is 45.2 Å². The molecule has 1 N–H and O–H groups in total. The van der Waals surface area contributed by atoms with Crippen molar-refractivity contribution in [2.24, 2.45) is 0 Å². The van der Waals surface area contributed by atoms with Crippen LogP contribution in [0.4, 0.5) is 0 Å². The second kappa shape index (κ2) is 7.28.